The molecule has 0 aliphatic carbocycles. The highest BCUT2D eigenvalue weighted by Gasteiger charge is 2.35. The average Bonchev–Trinajstić information content (AvgIpc) is 2.78. The van der Waals surface area contributed by atoms with Gasteiger partial charge in [-0.2, -0.15) is 13.2 Å². The van der Waals surface area contributed by atoms with E-state index in [0.717, 1.165) is 21.9 Å². The molecule has 7 heteroatoms. The number of anilines is 1. The van der Waals surface area contributed by atoms with E-state index < -0.39 is 12.0 Å². The summed E-state index contributed by atoms with van der Waals surface area (Å²) in [4.78, 5) is 7.54. The van der Waals surface area contributed by atoms with Crippen molar-refractivity contribution < 1.29 is 13.2 Å². The Morgan fingerprint density at radius 1 is 0.879 bits per heavy atom. The number of hydrogen-bond donors (Lipinski definition) is 2. The Hall–Kier alpha value is -3.45. The van der Waals surface area contributed by atoms with Crippen LogP contribution in [0, 0.1) is 0 Å². The molecular formula is C26H25F3N4. The lowest BCUT2D eigenvalue weighted by Crippen LogP contribution is -2.17. The molecule has 4 rings (SSSR count). The minimum Gasteiger partial charge on any atom is -0.363 e. The molecule has 0 bridgehead atoms. The van der Waals surface area contributed by atoms with E-state index in [4.69, 9.17) is 5.73 Å². The zero-order valence-electron chi connectivity index (χ0n) is 18.4. The molecule has 3 N–H and O–H groups in total. The summed E-state index contributed by atoms with van der Waals surface area (Å²) in [6, 6.07) is 22.5. The monoisotopic (exact) mass is 450 g/mol. The van der Waals surface area contributed by atoms with Gasteiger partial charge >= 0.3 is 6.18 Å². The number of alkyl halides is 3. The second-order valence-corrected chi connectivity index (χ2v) is 8.31. The van der Waals surface area contributed by atoms with Crippen molar-refractivity contribution in [1.82, 2.24) is 9.97 Å². The van der Waals surface area contributed by atoms with Crippen LogP contribution in [0.4, 0.5) is 19.0 Å². The third-order valence-electron chi connectivity index (χ3n) is 5.42. The predicted molar refractivity (Wildman–Crippen MR) is 126 cm³/mol. The van der Waals surface area contributed by atoms with Crippen molar-refractivity contribution >= 4 is 16.6 Å². The summed E-state index contributed by atoms with van der Waals surface area (Å²) >= 11 is 0. The molecule has 0 unspecified atom stereocenters. The normalized spacial score (nSPS) is 13.6. The lowest BCUT2D eigenvalue weighted by molar-refractivity contribution is -0.144. The van der Waals surface area contributed by atoms with E-state index in [1.165, 1.54) is 0 Å². The van der Waals surface area contributed by atoms with Crippen LogP contribution >= 0.6 is 0 Å². The molecule has 0 aliphatic rings. The van der Waals surface area contributed by atoms with Crippen molar-refractivity contribution in [1.29, 1.82) is 0 Å². The van der Waals surface area contributed by atoms with E-state index in [0.29, 0.717) is 12.0 Å². The lowest BCUT2D eigenvalue weighted by Gasteiger charge is -2.18. The minimum atomic E-state index is -4.66. The average molecular weight is 451 g/mol. The van der Waals surface area contributed by atoms with Crippen LogP contribution in [-0.4, -0.2) is 16.0 Å². The Morgan fingerprint density at radius 3 is 2.24 bits per heavy atom. The quantitative estimate of drug-likeness (QED) is 0.358. The number of rotatable bonds is 6. The number of nitrogens with one attached hydrogen (secondary N) is 1. The molecule has 0 aliphatic heterocycles. The first-order valence-corrected chi connectivity index (χ1v) is 10.8. The number of nitrogens with two attached hydrogens (primary N) is 1. The summed E-state index contributed by atoms with van der Waals surface area (Å²) in [6.07, 6.45) is -3.97. The maximum Gasteiger partial charge on any atom is 0.451 e. The Balaban J connectivity index is 1.65. The first-order valence-electron chi connectivity index (χ1n) is 10.8. The molecule has 0 fully saturated rings. The summed E-state index contributed by atoms with van der Waals surface area (Å²) in [5, 5.41) is 5.28. The number of benzene rings is 3. The second-order valence-electron chi connectivity index (χ2n) is 8.31. The van der Waals surface area contributed by atoms with Gasteiger partial charge in [0.25, 0.3) is 0 Å². The summed E-state index contributed by atoms with van der Waals surface area (Å²) in [7, 11) is 0. The van der Waals surface area contributed by atoms with E-state index in [-0.39, 0.29) is 23.6 Å². The molecule has 4 nitrogen and oxygen atoms in total. The van der Waals surface area contributed by atoms with Crippen molar-refractivity contribution in [3.63, 3.8) is 0 Å². The van der Waals surface area contributed by atoms with Crippen molar-refractivity contribution in [2.24, 2.45) is 5.73 Å². The highest BCUT2D eigenvalue weighted by Crippen LogP contribution is 2.31. The molecule has 0 saturated carbocycles. The van der Waals surface area contributed by atoms with Crippen LogP contribution in [-0.2, 0) is 12.6 Å². The van der Waals surface area contributed by atoms with Gasteiger partial charge < -0.3 is 11.1 Å². The second kappa shape index (κ2) is 9.19. The van der Waals surface area contributed by atoms with Gasteiger partial charge in [0.05, 0.1) is 5.69 Å². The van der Waals surface area contributed by atoms with Crippen molar-refractivity contribution in [3.8, 4) is 11.3 Å². The number of fused-ring (bicyclic) bond motifs is 1. The largest absolute Gasteiger partial charge is 0.451 e. The number of halogens is 3. The fourth-order valence-corrected chi connectivity index (χ4v) is 3.76. The Morgan fingerprint density at radius 2 is 1.58 bits per heavy atom. The molecule has 1 aromatic heterocycles. The SMILES string of the molecule is C[C@H](N)Cc1ccc(-c2cc(N[C@H](C)c3ccc4ccccc4c3)nc(C(F)(F)F)n2)cc1. The summed E-state index contributed by atoms with van der Waals surface area (Å²) < 4.78 is 40.6. The number of hydrogen-bond acceptors (Lipinski definition) is 4. The summed E-state index contributed by atoms with van der Waals surface area (Å²) in [5.41, 5.74) is 8.58. The van der Waals surface area contributed by atoms with Crippen LogP contribution in [0.1, 0.15) is 36.8 Å². The summed E-state index contributed by atoms with van der Waals surface area (Å²) in [6.45, 7) is 3.80. The highest BCUT2D eigenvalue weighted by atomic mass is 19.4. The molecule has 0 amide bonds. The first kappa shape index (κ1) is 22.7. The number of nitrogens with zero attached hydrogens (tertiary/aromatic N) is 2. The van der Waals surface area contributed by atoms with Crippen LogP contribution in [0.15, 0.2) is 72.8 Å². The molecule has 1 heterocycles. The van der Waals surface area contributed by atoms with Crippen LogP contribution < -0.4 is 11.1 Å². The van der Waals surface area contributed by atoms with Gasteiger partial charge in [-0.1, -0.05) is 60.7 Å². The highest BCUT2D eigenvalue weighted by molar-refractivity contribution is 5.83. The van der Waals surface area contributed by atoms with Crippen molar-refractivity contribution in [3.05, 3.63) is 89.7 Å². The maximum absolute atomic E-state index is 13.5. The molecule has 0 saturated heterocycles. The first-order chi connectivity index (χ1) is 15.7. The standard InChI is InChI=1S/C26H25F3N4/c1-16(30)13-18-7-9-20(10-8-18)23-15-24(33-25(32-23)26(27,28)29)31-17(2)21-12-11-19-5-3-4-6-22(19)14-21/h3-12,14-17H,13,30H2,1-2H3,(H,31,32,33)/t16-,17+/m0/s1. The third kappa shape index (κ3) is 5.49. The Labute approximate surface area is 190 Å². The van der Waals surface area contributed by atoms with Gasteiger partial charge in [0.1, 0.15) is 5.82 Å². The van der Waals surface area contributed by atoms with Gasteiger partial charge in [0.15, 0.2) is 0 Å². The smallest absolute Gasteiger partial charge is 0.363 e. The molecule has 2 atom stereocenters. The topological polar surface area (TPSA) is 63.8 Å². The van der Waals surface area contributed by atoms with E-state index >= 15 is 0 Å². The number of aromatic nitrogens is 2. The molecule has 170 valence electrons. The fraction of sp³-hybridized carbons (Fsp3) is 0.231. The van der Waals surface area contributed by atoms with Gasteiger partial charge in [-0.25, -0.2) is 9.97 Å². The summed E-state index contributed by atoms with van der Waals surface area (Å²) in [5.74, 6) is -1.06. The van der Waals surface area contributed by atoms with Gasteiger partial charge in [-0.15, -0.1) is 0 Å². The van der Waals surface area contributed by atoms with Gasteiger partial charge in [-0.3, -0.25) is 0 Å². The molecule has 0 spiro atoms. The van der Waals surface area contributed by atoms with Crippen LogP contribution in [0.2, 0.25) is 0 Å². The molecule has 0 radical (unpaired) electrons. The predicted octanol–water partition coefficient (Wildman–Crippen LogP) is 6.38. The molecular weight excluding hydrogens is 425 g/mol. The van der Waals surface area contributed by atoms with Gasteiger partial charge in [0.2, 0.25) is 5.82 Å². The minimum absolute atomic E-state index is 0.000806. The lowest BCUT2D eigenvalue weighted by atomic mass is 10.0. The molecule has 4 aromatic rings. The third-order valence-corrected chi connectivity index (χ3v) is 5.42. The maximum atomic E-state index is 13.5. The molecule has 3 aromatic carbocycles. The van der Waals surface area contributed by atoms with E-state index in [1.807, 2.05) is 68.4 Å². The van der Waals surface area contributed by atoms with Gasteiger partial charge in [-0.05, 0) is 48.2 Å². The van der Waals surface area contributed by atoms with Crippen molar-refractivity contribution in [2.75, 3.05) is 5.32 Å². The van der Waals surface area contributed by atoms with Crippen LogP contribution in [0.3, 0.4) is 0 Å². The van der Waals surface area contributed by atoms with E-state index in [2.05, 4.69) is 15.3 Å². The van der Waals surface area contributed by atoms with Crippen LogP contribution in [0.5, 0.6) is 0 Å². The van der Waals surface area contributed by atoms with Gasteiger partial charge in [0, 0.05) is 23.7 Å². The fourth-order valence-electron chi connectivity index (χ4n) is 3.76. The zero-order valence-corrected chi connectivity index (χ0v) is 18.4. The van der Waals surface area contributed by atoms with Crippen molar-refractivity contribution in [2.45, 2.75) is 38.5 Å². The van der Waals surface area contributed by atoms with E-state index in [1.54, 1.807) is 18.2 Å². The Kier molecular flexibility index (Phi) is 6.33. The van der Waals surface area contributed by atoms with Crippen LogP contribution in [0.25, 0.3) is 22.0 Å². The van der Waals surface area contributed by atoms with E-state index in [9.17, 15) is 13.2 Å². The Bertz CT molecular complexity index is 1250. The zero-order chi connectivity index (χ0) is 23.6. The molecule has 33 heavy (non-hydrogen) atoms.